The van der Waals surface area contributed by atoms with Gasteiger partial charge >= 0.3 is 0 Å². The molecule has 0 saturated carbocycles. The number of nitriles is 3. The van der Waals surface area contributed by atoms with Gasteiger partial charge in [-0.1, -0.05) is 95.7 Å². The summed E-state index contributed by atoms with van der Waals surface area (Å²) >= 11 is 0. The van der Waals surface area contributed by atoms with Crippen LogP contribution in [0.5, 0.6) is 17.2 Å². The van der Waals surface area contributed by atoms with Gasteiger partial charge in [0.1, 0.15) is 17.2 Å². The Bertz CT molecular complexity index is 2610. The molecule has 6 nitrogen and oxygen atoms in total. The van der Waals surface area contributed by atoms with Gasteiger partial charge in [0.05, 0.1) is 34.9 Å². The first-order chi connectivity index (χ1) is 32.2. The number of rotatable bonds is 18. The van der Waals surface area contributed by atoms with Gasteiger partial charge < -0.3 is 15.3 Å². The third kappa shape index (κ3) is 10.7. The molecule has 3 N–H and O–H groups in total. The smallest absolute Gasteiger partial charge is 0.131 e. The normalized spacial score (nSPS) is 10.9. The molecule has 0 aliphatic carbocycles. The SMILES string of the molecule is CCCCCc1cc(-c2ccc(C#N)cc2)c(O)c(-c2cc(-c3cc(CCCCC)cc(-c4ccc(C#N)cc4)c3O)cc(-c3cc(CCCCC)cc(-c4ccc(C#N)cc4)c3O)c2)c1. The molecule has 0 saturated heterocycles. The Morgan fingerprint density at radius 2 is 0.545 bits per heavy atom. The van der Waals surface area contributed by atoms with E-state index in [4.69, 9.17) is 0 Å². The van der Waals surface area contributed by atoms with Crippen molar-refractivity contribution in [2.75, 3.05) is 0 Å². The summed E-state index contributed by atoms with van der Waals surface area (Å²) in [5, 5.41) is 66.1. The zero-order valence-electron chi connectivity index (χ0n) is 38.3. The fraction of sp³-hybridized carbons (Fsp3) is 0.250. The van der Waals surface area contributed by atoms with Crippen LogP contribution in [-0.2, 0) is 19.3 Å². The average Bonchev–Trinajstić information content (AvgIpc) is 3.35. The van der Waals surface area contributed by atoms with E-state index >= 15 is 0 Å². The highest BCUT2D eigenvalue weighted by atomic mass is 16.3. The monoisotopic (exact) mass is 867 g/mol. The Hall–Kier alpha value is -7.59. The second-order valence-corrected chi connectivity index (χ2v) is 17.4. The number of hydrogen-bond donors (Lipinski definition) is 3. The summed E-state index contributed by atoms with van der Waals surface area (Å²) in [6.07, 6.45) is 11.7. The van der Waals surface area contributed by atoms with Crippen LogP contribution in [0.3, 0.4) is 0 Å². The van der Waals surface area contributed by atoms with E-state index in [1.165, 1.54) is 0 Å². The van der Waals surface area contributed by atoms with Crippen molar-refractivity contribution in [2.45, 2.75) is 97.8 Å². The third-order valence-corrected chi connectivity index (χ3v) is 12.6. The summed E-state index contributed by atoms with van der Waals surface area (Å²) in [4.78, 5) is 0. The Balaban J connectivity index is 1.53. The van der Waals surface area contributed by atoms with Crippen molar-refractivity contribution in [3.8, 4) is 102 Å². The molecule has 0 atom stereocenters. The van der Waals surface area contributed by atoms with Gasteiger partial charge in [0, 0.05) is 33.4 Å². The minimum Gasteiger partial charge on any atom is -0.507 e. The largest absolute Gasteiger partial charge is 0.507 e. The van der Waals surface area contributed by atoms with Crippen LogP contribution in [0.15, 0.2) is 127 Å². The summed E-state index contributed by atoms with van der Waals surface area (Å²) in [6.45, 7) is 6.54. The van der Waals surface area contributed by atoms with E-state index in [0.29, 0.717) is 66.8 Å². The van der Waals surface area contributed by atoms with Gasteiger partial charge in [-0.3, -0.25) is 0 Å². The minimum absolute atomic E-state index is 0.0914. The van der Waals surface area contributed by atoms with Gasteiger partial charge in [-0.2, -0.15) is 15.8 Å². The first kappa shape index (κ1) is 46.4. The van der Waals surface area contributed by atoms with E-state index < -0.39 is 0 Å². The lowest BCUT2D eigenvalue weighted by Crippen LogP contribution is -1.96. The first-order valence-corrected chi connectivity index (χ1v) is 23.4. The molecule has 7 aromatic carbocycles. The predicted molar refractivity (Wildman–Crippen MR) is 268 cm³/mol. The predicted octanol–water partition coefficient (Wildman–Crippen LogP) is 15.6. The zero-order chi connectivity index (χ0) is 46.6. The Kier molecular flexibility index (Phi) is 15.4. The van der Waals surface area contributed by atoms with E-state index in [-0.39, 0.29) is 17.2 Å². The molecule has 66 heavy (non-hydrogen) atoms. The lowest BCUT2D eigenvalue weighted by atomic mass is 9.86. The van der Waals surface area contributed by atoms with Crippen LogP contribution in [-0.4, -0.2) is 15.3 Å². The number of phenols is 3. The van der Waals surface area contributed by atoms with Gasteiger partial charge in [-0.05, 0) is 180 Å². The fourth-order valence-corrected chi connectivity index (χ4v) is 8.84. The highest BCUT2D eigenvalue weighted by Gasteiger charge is 2.22. The van der Waals surface area contributed by atoms with E-state index in [1.54, 1.807) is 36.4 Å². The van der Waals surface area contributed by atoms with Crippen molar-refractivity contribution in [1.82, 2.24) is 0 Å². The Morgan fingerprint density at radius 1 is 0.318 bits per heavy atom. The molecular weight excluding hydrogens is 811 g/mol. The van der Waals surface area contributed by atoms with E-state index in [2.05, 4.69) is 57.2 Å². The van der Waals surface area contributed by atoms with E-state index in [9.17, 15) is 31.1 Å². The van der Waals surface area contributed by atoms with Crippen LogP contribution in [0.4, 0.5) is 0 Å². The lowest BCUT2D eigenvalue weighted by Gasteiger charge is -2.20. The van der Waals surface area contributed by atoms with Crippen LogP contribution in [0.1, 0.15) is 112 Å². The molecule has 7 aromatic rings. The molecule has 330 valence electrons. The van der Waals surface area contributed by atoms with Crippen molar-refractivity contribution in [3.63, 3.8) is 0 Å². The molecule has 0 aliphatic heterocycles. The number of phenolic OH excluding ortho intramolecular Hbond substituents is 3. The van der Waals surface area contributed by atoms with Crippen molar-refractivity contribution in [2.24, 2.45) is 0 Å². The third-order valence-electron chi connectivity index (χ3n) is 12.6. The molecule has 0 heterocycles. The maximum Gasteiger partial charge on any atom is 0.131 e. The minimum atomic E-state index is 0.0914. The molecule has 0 aromatic heterocycles. The Labute approximate surface area is 390 Å². The maximum absolute atomic E-state index is 12.4. The molecule has 0 aliphatic rings. The molecule has 0 spiro atoms. The van der Waals surface area contributed by atoms with Gasteiger partial charge in [-0.15, -0.1) is 0 Å². The standard InChI is InChI=1S/C60H57N3O3/c1-4-7-10-13-43-28-52(46-22-16-40(37-61)17-23-46)58(64)55(31-43)49-34-50(56-32-44(14-11-8-5-2)29-53(59(56)65)47-24-18-41(38-62)19-25-47)36-51(35-49)57-33-45(15-12-9-6-3)30-54(60(57)66)48-26-20-42(39-63)21-27-48/h16-36,64-66H,4-15H2,1-3H3. The average molecular weight is 868 g/mol. The lowest BCUT2D eigenvalue weighted by molar-refractivity contribution is 0.479. The molecular formula is C60H57N3O3. The molecule has 0 amide bonds. The molecule has 0 unspecified atom stereocenters. The topological polar surface area (TPSA) is 132 Å². The zero-order valence-corrected chi connectivity index (χ0v) is 38.3. The summed E-state index contributed by atoms with van der Waals surface area (Å²) in [5.41, 5.74) is 13.1. The fourth-order valence-electron chi connectivity index (χ4n) is 8.84. The van der Waals surface area contributed by atoms with Crippen LogP contribution in [0.25, 0.3) is 66.8 Å². The quantitative estimate of drug-likeness (QED) is 0.0736. The van der Waals surface area contributed by atoms with Gasteiger partial charge in [-0.25, -0.2) is 0 Å². The second kappa shape index (κ2) is 21.9. The van der Waals surface area contributed by atoms with Crippen molar-refractivity contribution in [1.29, 1.82) is 15.8 Å². The van der Waals surface area contributed by atoms with Crippen LogP contribution < -0.4 is 0 Å². The number of unbranched alkanes of at least 4 members (excludes halogenated alkanes) is 6. The van der Waals surface area contributed by atoms with Gasteiger partial charge in [0.2, 0.25) is 0 Å². The highest BCUT2D eigenvalue weighted by molar-refractivity contribution is 5.93. The molecule has 0 fully saturated rings. The van der Waals surface area contributed by atoms with Crippen molar-refractivity contribution < 1.29 is 15.3 Å². The second-order valence-electron chi connectivity index (χ2n) is 17.4. The number of benzene rings is 7. The van der Waals surface area contributed by atoms with Crippen LogP contribution in [0.2, 0.25) is 0 Å². The number of nitrogens with zero attached hydrogens (tertiary/aromatic N) is 3. The number of hydrogen-bond acceptors (Lipinski definition) is 6. The molecule has 7 rings (SSSR count). The van der Waals surface area contributed by atoms with E-state index in [0.717, 1.165) is 110 Å². The molecule has 0 radical (unpaired) electrons. The maximum atomic E-state index is 12.4. The molecule has 0 bridgehead atoms. The van der Waals surface area contributed by atoms with Crippen molar-refractivity contribution >= 4 is 0 Å². The summed E-state index contributed by atoms with van der Waals surface area (Å²) < 4.78 is 0. The summed E-state index contributed by atoms with van der Waals surface area (Å²) in [7, 11) is 0. The first-order valence-electron chi connectivity index (χ1n) is 23.4. The summed E-state index contributed by atoms with van der Waals surface area (Å²) in [5.74, 6) is 0.274. The van der Waals surface area contributed by atoms with Gasteiger partial charge in [0.15, 0.2) is 0 Å². The number of aryl methyl sites for hydroxylation is 3. The summed E-state index contributed by atoms with van der Waals surface area (Å²) in [6, 6.07) is 46.8. The number of aromatic hydroxyl groups is 3. The highest BCUT2D eigenvalue weighted by Crippen LogP contribution is 2.48. The van der Waals surface area contributed by atoms with Crippen LogP contribution in [0, 0.1) is 34.0 Å². The van der Waals surface area contributed by atoms with Crippen LogP contribution >= 0.6 is 0 Å². The molecule has 6 heteroatoms. The Morgan fingerprint density at radius 3 is 0.758 bits per heavy atom. The van der Waals surface area contributed by atoms with Gasteiger partial charge in [0.25, 0.3) is 0 Å². The van der Waals surface area contributed by atoms with E-state index in [1.807, 2.05) is 72.8 Å². The van der Waals surface area contributed by atoms with Crippen molar-refractivity contribution in [3.05, 3.63) is 161 Å².